The summed E-state index contributed by atoms with van der Waals surface area (Å²) in [5, 5.41) is 8.74. The fourth-order valence-corrected chi connectivity index (χ4v) is 1.35. The molecule has 0 saturated heterocycles. The molecule has 0 saturated carbocycles. The van der Waals surface area contributed by atoms with E-state index in [1.54, 1.807) is 6.20 Å². The molecule has 74 valence electrons. The maximum absolute atomic E-state index is 8.74. The van der Waals surface area contributed by atoms with Gasteiger partial charge in [-0.2, -0.15) is 0 Å². The van der Waals surface area contributed by atoms with E-state index in [0.29, 0.717) is 12.2 Å². The van der Waals surface area contributed by atoms with Crippen molar-refractivity contribution in [3.8, 4) is 0 Å². The number of fused-ring (bicyclic) bond motifs is 1. The summed E-state index contributed by atoms with van der Waals surface area (Å²) in [5.74, 6) is 0.674. The zero-order valence-electron chi connectivity index (χ0n) is 7.68. The van der Waals surface area contributed by atoms with Crippen molar-refractivity contribution in [1.29, 1.82) is 0 Å². The summed E-state index contributed by atoms with van der Waals surface area (Å²) in [7, 11) is 0. The molecule has 2 heterocycles. The largest absolute Gasteiger partial charge is 0.458 e. The number of aromatic nitrogens is 1. The van der Waals surface area contributed by atoms with E-state index in [2.05, 4.69) is 4.98 Å². The van der Waals surface area contributed by atoms with Crippen LogP contribution in [0.25, 0.3) is 11.1 Å². The van der Waals surface area contributed by atoms with Crippen molar-refractivity contribution in [3.63, 3.8) is 0 Å². The van der Waals surface area contributed by atoms with Crippen molar-refractivity contribution in [3.05, 3.63) is 30.2 Å². The van der Waals surface area contributed by atoms with E-state index in [4.69, 9.17) is 15.3 Å². The first-order chi connectivity index (χ1) is 6.81. The Hall–Kier alpha value is -1.39. The smallest absolute Gasteiger partial charge is 0.152 e. The summed E-state index contributed by atoms with van der Waals surface area (Å²) in [4.78, 5) is 4.13. The normalized spacial score (nSPS) is 13.3. The average molecular weight is 192 g/mol. The zero-order valence-corrected chi connectivity index (χ0v) is 7.68. The summed E-state index contributed by atoms with van der Waals surface area (Å²) in [6.07, 6.45) is 2.21. The first kappa shape index (κ1) is 9.18. The fourth-order valence-electron chi connectivity index (χ4n) is 1.35. The quantitative estimate of drug-likeness (QED) is 0.766. The number of hydrogen-bond acceptors (Lipinski definition) is 4. The molecule has 0 aliphatic heterocycles. The minimum Gasteiger partial charge on any atom is -0.458 e. The van der Waals surface area contributed by atoms with Crippen LogP contribution in [0.15, 0.2) is 28.8 Å². The number of rotatable bonds is 3. The summed E-state index contributed by atoms with van der Waals surface area (Å²) >= 11 is 0. The van der Waals surface area contributed by atoms with Crippen LogP contribution in [-0.2, 0) is 0 Å². The van der Waals surface area contributed by atoms with Crippen LogP contribution in [0, 0.1) is 0 Å². The van der Waals surface area contributed by atoms with Crippen LogP contribution in [0.5, 0.6) is 0 Å². The molecule has 2 aromatic rings. The Morgan fingerprint density at radius 2 is 2.43 bits per heavy atom. The molecule has 2 rings (SSSR count). The molecule has 0 radical (unpaired) electrons. The molecule has 1 atom stereocenters. The van der Waals surface area contributed by atoms with E-state index in [1.165, 1.54) is 0 Å². The second-order valence-corrected chi connectivity index (χ2v) is 3.15. The van der Waals surface area contributed by atoms with E-state index in [9.17, 15) is 0 Å². The van der Waals surface area contributed by atoms with Gasteiger partial charge < -0.3 is 15.3 Å². The highest BCUT2D eigenvalue weighted by Crippen LogP contribution is 2.22. The zero-order chi connectivity index (χ0) is 9.97. The predicted octanol–water partition coefficient (Wildman–Crippen LogP) is 1.21. The van der Waals surface area contributed by atoms with Crippen molar-refractivity contribution < 1.29 is 9.52 Å². The molecule has 0 aliphatic carbocycles. The van der Waals surface area contributed by atoms with Crippen molar-refractivity contribution >= 4 is 11.1 Å². The molecule has 14 heavy (non-hydrogen) atoms. The number of aliphatic hydroxyl groups excluding tert-OH is 1. The highest BCUT2D eigenvalue weighted by Gasteiger charge is 2.11. The van der Waals surface area contributed by atoms with E-state index in [1.807, 2.05) is 18.2 Å². The van der Waals surface area contributed by atoms with Crippen molar-refractivity contribution in [2.75, 3.05) is 6.61 Å². The predicted molar refractivity (Wildman–Crippen MR) is 52.6 cm³/mol. The number of nitrogens with two attached hydrogens (primary N) is 1. The van der Waals surface area contributed by atoms with Gasteiger partial charge in [0, 0.05) is 18.9 Å². The number of nitrogens with zero attached hydrogens (tertiary/aromatic N) is 1. The van der Waals surface area contributed by atoms with Crippen LogP contribution in [0.2, 0.25) is 0 Å². The Balaban J connectivity index is 2.35. The molecular formula is C10H12N2O2. The van der Waals surface area contributed by atoms with Gasteiger partial charge in [0.1, 0.15) is 11.3 Å². The lowest BCUT2D eigenvalue weighted by Gasteiger charge is -2.04. The average Bonchev–Trinajstić information content (AvgIpc) is 2.61. The van der Waals surface area contributed by atoms with Gasteiger partial charge in [0.25, 0.3) is 0 Å². The van der Waals surface area contributed by atoms with E-state index in [-0.39, 0.29) is 12.6 Å². The highest BCUT2D eigenvalue weighted by atomic mass is 16.3. The van der Waals surface area contributed by atoms with Gasteiger partial charge in [-0.15, -0.1) is 0 Å². The maximum Gasteiger partial charge on any atom is 0.152 e. The second kappa shape index (κ2) is 3.77. The van der Waals surface area contributed by atoms with Gasteiger partial charge in [0.2, 0.25) is 0 Å². The van der Waals surface area contributed by atoms with Crippen LogP contribution in [-0.4, -0.2) is 16.7 Å². The summed E-state index contributed by atoms with van der Waals surface area (Å²) in [6.45, 7) is 0.0612. The van der Waals surface area contributed by atoms with Gasteiger partial charge in [-0.3, -0.25) is 4.98 Å². The van der Waals surface area contributed by atoms with Gasteiger partial charge in [-0.1, -0.05) is 0 Å². The molecule has 3 N–H and O–H groups in total. The lowest BCUT2D eigenvalue weighted by molar-refractivity contribution is 0.270. The Morgan fingerprint density at radius 1 is 1.57 bits per heavy atom. The third-order valence-electron chi connectivity index (χ3n) is 2.11. The first-order valence-corrected chi connectivity index (χ1v) is 4.52. The standard InChI is InChI=1S/C10H12N2O2/c11-7(3-5-13)10-6-8-9(14-10)2-1-4-12-8/h1-2,4,6-7,13H,3,5,11H2. The van der Waals surface area contributed by atoms with Gasteiger partial charge in [-0.25, -0.2) is 0 Å². The van der Waals surface area contributed by atoms with Crippen molar-refractivity contribution in [2.45, 2.75) is 12.5 Å². The summed E-state index contributed by atoms with van der Waals surface area (Å²) in [6, 6.07) is 5.22. The molecule has 2 aromatic heterocycles. The minimum absolute atomic E-state index is 0.0612. The molecule has 0 spiro atoms. The summed E-state index contributed by atoms with van der Waals surface area (Å²) < 4.78 is 5.48. The fraction of sp³-hybridized carbons (Fsp3) is 0.300. The van der Waals surface area contributed by atoms with E-state index >= 15 is 0 Å². The number of pyridine rings is 1. The number of aliphatic hydroxyl groups is 1. The molecule has 0 aliphatic rings. The SMILES string of the molecule is NC(CCO)c1cc2ncccc2o1. The molecule has 4 nitrogen and oxygen atoms in total. The van der Waals surface area contributed by atoms with Crippen LogP contribution in [0.3, 0.4) is 0 Å². The number of hydrogen-bond donors (Lipinski definition) is 2. The Bertz CT molecular complexity index is 392. The van der Waals surface area contributed by atoms with Crippen molar-refractivity contribution in [1.82, 2.24) is 4.98 Å². The third-order valence-corrected chi connectivity index (χ3v) is 2.11. The maximum atomic E-state index is 8.74. The molecule has 0 bridgehead atoms. The lowest BCUT2D eigenvalue weighted by atomic mass is 10.2. The molecule has 1 unspecified atom stereocenters. The van der Waals surface area contributed by atoms with Gasteiger partial charge in [-0.05, 0) is 18.6 Å². The molecule has 4 heteroatoms. The van der Waals surface area contributed by atoms with Crippen LogP contribution in [0.1, 0.15) is 18.2 Å². The Morgan fingerprint density at radius 3 is 3.14 bits per heavy atom. The van der Waals surface area contributed by atoms with Gasteiger partial charge >= 0.3 is 0 Å². The monoisotopic (exact) mass is 192 g/mol. The van der Waals surface area contributed by atoms with Gasteiger partial charge in [0.05, 0.1) is 6.04 Å². The van der Waals surface area contributed by atoms with E-state index < -0.39 is 0 Å². The van der Waals surface area contributed by atoms with Gasteiger partial charge in [0.15, 0.2) is 5.58 Å². The number of furan rings is 1. The van der Waals surface area contributed by atoms with E-state index in [0.717, 1.165) is 11.1 Å². The molecule has 0 aromatic carbocycles. The Kier molecular flexibility index (Phi) is 2.47. The first-order valence-electron chi connectivity index (χ1n) is 4.52. The minimum atomic E-state index is -0.255. The lowest BCUT2D eigenvalue weighted by Crippen LogP contribution is -2.10. The van der Waals surface area contributed by atoms with Crippen molar-refractivity contribution in [2.24, 2.45) is 5.73 Å². The van der Waals surface area contributed by atoms with Crippen LogP contribution in [0.4, 0.5) is 0 Å². The summed E-state index contributed by atoms with van der Waals surface area (Å²) in [5.41, 5.74) is 7.32. The van der Waals surface area contributed by atoms with Crippen LogP contribution < -0.4 is 5.73 Å². The molecule has 0 amide bonds. The molecule has 0 fully saturated rings. The second-order valence-electron chi connectivity index (χ2n) is 3.15. The highest BCUT2D eigenvalue weighted by molar-refractivity contribution is 5.72. The van der Waals surface area contributed by atoms with Crippen LogP contribution >= 0.6 is 0 Å². The molecular weight excluding hydrogens is 180 g/mol. The Labute approximate surface area is 81.4 Å². The topological polar surface area (TPSA) is 72.3 Å². The third kappa shape index (κ3) is 1.62.